The minimum absolute atomic E-state index is 0.00493. The monoisotopic (exact) mass is 445 g/mol. The molecule has 2 heterocycles. The summed E-state index contributed by atoms with van der Waals surface area (Å²) >= 11 is 7.66. The minimum atomic E-state index is -0.00493. The first kappa shape index (κ1) is 22.5. The lowest BCUT2D eigenvalue weighted by Crippen LogP contribution is -2.38. The molecular weight excluding hydrogens is 418 g/mol. The molecule has 1 unspecified atom stereocenters. The number of benzene rings is 1. The van der Waals surface area contributed by atoms with Crippen LogP contribution in [0.2, 0.25) is 5.02 Å². The lowest BCUT2D eigenvalue weighted by Gasteiger charge is -2.31. The van der Waals surface area contributed by atoms with Crippen LogP contribution in [-0.2, 0) is 16.0 Å². The lowest BCUT2D eigenvalue weighted by molar-refractivity contribution is -0.127. The average molecular weight is 446 g/mol. The molecule has 1 aliphatic rings. The third kappa shape index (κ3) is 6.41. The third-order valence-electron chi connectivity index (χ3n) is 5.12. The molecule has 30 heavy (non-hydrogen) atoms. The maximum atomic E-state index is 12.6. The zero-order valence-electron chi connectivity index (χ0n) is 17.4. The Kier molecular flexibility index (Phi) is 8.05. The zero-order valence-corrected chi connectivity index (χ0v) is 19.0. The van der Waals surface area contributed by atoms with E-state index in [-0.39, 0.29) is 23.7 Å². The molecule has 0 radical (unpaired) electrons. The second kappa shape index (κ2) is 10.7. The first-order valence-corrected chi connectivity index (χ1v) is 11.6. The molecule has 0 aliphatic carbocycles. The number of thiazole rings is 1. The molecule has 1 N–H and O–H groups in total. The number of halogens is 1. The van der Waals surface area contributed by atoms with Gasteiger partial charge in [0.15, 0.2) is 0 Å². The van der Waals surface area contributed by atoms with Gasteiger partial charge in [0.2, 0.25) is 11.8 Å². The van der Waals surface area contributed by atoms with Crippen LogP contribution in [0, 0.1) is 5.92 Å². The Labute approximate surface area is 187 Å². The summed E-state index contributed by atoms with van der Waals surface area (Å²) in [5.74, 6) is 0.353. The molecule has 0 spiro atoms. The number of hydrogen-bond acceptors (Lipinski definition) is 4. The summed E-state index contributed by atoms with van der Waals surface area (Å²) in [6.07, 6.45) is 6.18. The van der Waals surface area contributed by atoms with E-state index in [1.54, 1.807) is 17.4 Å². The fraction of sp³-hybridized carbons (Fsp3) is 0.435. The van der Waals surface area contributed by atoms with Gasteiger partial charge in [-0.2, -0.15) is 0 Å². The zero-order chi connectivity index (χ0) is 21.5. The Morgan fingerprint density at radius 3 is 3.00 bits per heavy atom. The van der Waals surface area contributed by atoms with Gasteiger partial charge in [-0.25, -0.2) is 4.98 Å². The molecule has 0 bridgehead atoms. The molecule has 1 aromatic carbocycles. The van der Waals surface area contributed by atoms with Gasteiger partial charge in [0.05, 0.1) is 10.7 Å². The Balaban J connectivity index is 1.54. The van der Waals surface area contributed by atoms with Crippen LogP contribution in [-0.4, -0.2) is 41.3 Å². The Bertz CT molecular complexity index is 909. The van der Waals surface area contributed by atoms with E-state index in [1.807, 2.05) is 49.1 Å². The predicted octanol–water partition coefficient (Wildman–Crippen LogP) is 4.53. The van der Waals surface area contributed by atoms with Crippen molar-refractivity contribution in [1.82, 2.24) is 15.2 Å². The fourth-order valence-corrected chi connectivity index (χ4v) is 4.59. The van der Waals surface area contributed by atoms with Gasteiger partial charge in [0.1, 0.15) is 0 Å². The van der Waals surface area contributed by atoms with Crippen LogP contribution in [0.5, 0.6) is 0 Å². The van der Waals surface area contributed by atoms with Crippen LogP contribution in [0.4, 0.5) is 0 Å². The van der Waals surface area contributed by atoms with Crippen molar-refractivity contribution in [2.24, 2.45) is 5.92 Å². The Morgan fingerprint density at radius 1 is 1.40 bits per heavy atom. The minimum Gasteiger partial charge on any atom is -0.355 e. The van der Waals surface area contributed by atoms with Gasteiger partial charge in [-0.15, -0.1) is 11.3 Å². The van der Waals surface area contributed by atoms with E-state index in [0.717, 1.165) is 42.1 Å². The summed E-state index contributed by atoms with van der Waals surface area (Å²) in [5.41, 5.74) is 1.92. The van der Waals surface area contributed by atoms with Gasteiger partial charge in [-0.05, 0) is 36.6 Å². The van der Waals surface area contributed by atoms with Crippen molar-refractivity contribution in [2.45, 2.75) is 39.0 Å². The van der Waals surface area contributed by atoms with Crippen molar-refractivity contribution in [3.05, 3.63) is 57.0 Å². The van der Waals surface area contributed by atoms with Crippen LogP contribution in [0.15, 0.2) is 35.7 Å². The van der Waals surface area contributed by atoms with Gasteiger partial charge >= 0.3 is 0 Å². The molecule has 1 aromatic heterocycles. The normalized spacial score (nSPS) is 16.9. The number of likely N-dealkylation sites (tertiary alicyclic amines) is 1. The molecule has 2 aromatic rings. The largest absolute Gasteiger partial charge is 0.355 e. The van der Waals surface area contributed by atoms with Crippen molar-refractivity contribution in [3.8, 4) is 0 Å². The number of carbonyl (C=O) groups excluding carboxylic acids is 2. The van der Waals surface area contributed by atoms with Gasteiger partial charge in [-0.3, -0.25) is 9.59 Å². The van der Waals surface area contributed by atoms with E-state index >= 15 is 0 Å². The van der Waals surface area contributed by atoms with Crippen LogP contribution in [0.3, 0.4) is 0 Å². The second-order valence-electron chi connectivity index (χ2n) is 7.88. The maximum Gasteiger partial charge on any atom is 0.246 e. The van der Waals surface area contributed by atoms with E-state index in [2.05, 4.69) is 10.7 Å². The van der Waals surface area contributed by atoms with Crippen molar-refractivity contribution >= 4 is 40.8 Å². The molecule has 5 nitrogen and oxygen atoms in total. The highest BCUT2D eigenvalue weighted by Gasteiger charge is 2.25. The van der Waals surface area contributed by atoms with Crippen LogP contribution in [0.1, 0.15) is 48.9 Å². The smallest absolute Gasteiger partial charge is 0.246 e. The van der Waals surface area contributed by atoms with Gasteiger partial charge in [0.25, 0.3) is 0 Å². The van der Waals surface area contributed by atoms with Crippen molar-refractivity contribution in [1.29, 1.82) is 0 Å². The standard InChI is InChI=1S/C23H28ClN3O2S/c1-16(2)22(29)25-11-10-20-15-30-23(26-20)18-6-4-12-27(14-18)21(28)9-8-17-5-3-7-19(24)13-17/h3,5,7-9,13,15-16,18H,4,6,10-12,14H2,1-2H3,(H,25,29)/b9-8+. The van der Waals surface area contributed by atoms with Gasteiger partial charge in [-0.1, -0.05) is 37.6 Å². The topological polar surface area (TPSA) is 62.3 Å². The fourth-order valence-electron chi connectivity index (χ4n) is 3.40. The highest BCUT2D eigenvalue weighted by molar-refractivity contribution is 7.09. The summed E-state index contributed by atoms with van der Waals surface area (Å²) < 4.78 is 0. The SMILES string of the molecule is CC(C)C(=O)NCCc1csc(C2CCCN(C(=O)/C=C/c3cccc(Cl)c3)C2)n1. The number of piperidine rings is 1. The lowest BCUT2D eigenvalue weighted by atomic mass is 9.98. The molecule has 0 saturated carbocycles. The van der Waals surface area contributed by atoms with E-state index in [0.29, 0.717) is 18.1 Å². The van der Waals surface area contributed by atoms with Crippen molar-refractivity contribution < 1.29 is 9.59 Å². The number of carbonyl (C=O) groups is 2. The van der Waals surface area contributed by atoms with Crippen LogP contribution >= 0.6 is 22.9 Å². The highest BCUT2D eigenvalue weighted by Crippen LogP contribution is 2.29. The van der Waals surface area contributed by atoms with E-state index < -0.39 is 0 Å². The average Bonchev–Trinajstić information content (AvgIpc) is 3.21. The summed E-state index contributed by atoms with van der Waals surface area (Å²) in [7, 11) is 0. The first-order valence-electron chi connectivity index (χ1n) is 10.4. The molecular formula is C23H28ClN3O2S. The summed E-state index contributed by atoms with van der Waals surface area (Å²) in [5, 5.41) is 6.73. The molecule has 1 saturated heterocycles. The summed E-state index contributed by atoms with van der Waals surface area (Å²) in [6, 6.07) is 7.45. The quantitative estimate of drug-likeness (QED) is 0.637. The van der Waals surface area contributed by atoms with E-state index in [4.69, 9.17) is 16.6 Å². The first-order chi connectivity index (χ1) is 14.4. The van der Waals surface area contributed by atoms with E-state index in [9.17, 15) is 9.59 Å². The number of amides is 2. The number of rotatable bonds is 7. The predicted molar refractivity (Wildman–Crippen MR) is 123 cm³/mol. The molecule has 1 fully saturated rings. The summed E-state index contributed by atoms with van der Waals surface area (Å²) in [4.78, 5) is 31.0. The van der Waals surface area contributed by atoms with Gasteiger partial charge in [0, 0.05) is 54.4 Å². The molecule has 3 rings (SSSR count). The van der Waals surface area contributed by atoms with Crippen molar-refractivity contribution in [2.75, 3.05) is 19.6 Å². The number of nitrogens with zero attached hydrogens (tertiary/aromatic N) is 2. The van der Waals surface area contributed by atoms with Gasteiger partial charge < -0.3 is 10.2 Å². The highest BCUT2D eigenvalue weighted by atomic mass is 35.5. The Morgan fingerprint density at radius 2 is 2.23 bits per heavy atom. The van der Waals surface area contributed by atoms with Crippen molar-refractivity contribution in [3.63, 3.8) is 0 Å². The number of nitrogens with one attached hydrogen (secondary N) is 1. The van der Waals surface area contributed by atoms with E-state index in [1.165, 1.54) is 0 Å². The second-order valence-corrected chi connectivity index (χ2v) is 9.21. The third-order valence-corrected chi connectivity index (χ3v) is 6.41. The molecule has 160 valence electrons. The van der Waals surface area contributed by atoms with Crippen LogP contribution < -0.4 is 5.32 Å². The summed E-state index contributed by atoms with van der Waals surface area (Å²) in [6.45, 7) is 5.83. The van der Waals surface area contributed by atoms with Crippen LogP contribution in [0.25, 0.3) is 6.08 Å². The number of hydrogen-bond donors (Lipinski definition) is 1. The molecule has 1 atom stereocenters. The molecule has 1 aliphatic heterocycles. The molecule has 2 amide bonds. The Hall–Kier alpha value is -2.18. The molecule has 7 heteroatoms. The number of aromatic nitrogens is 1. The maximum absolute atomic E-state index is 12.6.